The lowest BCUT2D eigenvalue weighted by Gasteiger charge is -2.19. The predicted octanol–water partition coefficient (Wildman–Crippen LogP) is 1.69. The highest BCUT2D eigenvalue weighted by Gasteiger charge is 2.38. The number of urea groups is 1. The fourth-order valence-electron chi connectivity index (χ4n) is 2.72. The van der Waals surface area contributed by atoms with Gasteiger partial charge in [-0.05, 0) is 35.9 Å². The van der Waals surface area contributed by atoms with Crippen molar-refractivity contribution in [1.29, 1.82) is 0 Å². The van der Waals surface area contributed by atoms with Crippen LogP contribution in [0, 0.1) is 0 Å². The van der Waals surface area contributed by atoms with E-state index in [0.29, 0.717) is 16.3 Å². The van der Waals surface area contributed by atoms with Crippen LogP contribution in [-0.4, -0.2) is 28.9 Å². The van der Waals surface area contributed by atoms with Gasteiger partial charge in [-0.15, -0.1) is 0 Å². The number of hydroxylamine groups is 2. The van der Waals surface area contributed by atoms with Crippen molar-refractivity contribution in [2.45, 2.75) is 6.54 Å². The summed E-state index contributed by atoms with van der Waals surface area (Å²) in [5.41, 5.74) is 1.82. The van der Waals surface area contributed by atoms with E-state index in [1.54, 1.807) is 18.2 Å². The summed E-state index contributed by atoms with van der Waals surface area (Å²) < 4.78 is 0. The van der Waals surface area contributed by atoms with Crippen molar-refractivity contribution in [3.8, 4) is 0 Å². The summed E-state index contributed by atoms with van der Waals surface area (Å²) in [6.45, 7) is 0.259. The van der Waals surface area contributed by atoms with Crippen molar-refractivity contribution in [2.75, 3.05) is 5.32 Å². The van der Waals surface area contributed by atoms with Gasteiger partial charge < -0.3 is 15.5 Å². The molecule has 2 aromatic rings. The lowest BCUT2D eigenvalue weighted by atomic mass is 10.1. The van der Waals surface area contributed by atoms with Gasteiger partial charge in [0.2, 0.25) is 0 Å². The molecule has 4 amide bonds. The Morgan fingerprint density at radius 3 is 2.36 bits per heavy atom. The number of hydrogen-bond donors (Lipinski definition) is 2. The zero-order chi connectivity index (χ0) is 17.6. The van der Waals surface area contributed by atoms with E-state index in [0.717, 1.165) is 0 Å². The minimum absolute atomic E-state index is 0.160. The minimum atomic E-state index is -0.839. The van der Waals surface area contributed by atoms with E-state index in [-0.39, 0.29) is 29.3 Å². The van der Waals surface area contributed by atoms with E-state index >= 15 is 0 Å². The van der Waals surface area contributed by atoms with Crippen molar-refractivity contribution >= 4 is 29.5 Å². The summed E-state index contributed by atoms with van der Waals surface area (Å²) in [5, 5.41) is 5.65. The summed E-state index contributed by atoms with van der Waals surface area (Å²) in [6, 6.07) is 10.5. The Hall–Kier alpha value is -3.68. The molecule has 2 aromatic carbocycles. The molecule has 0 atom stereocenters. The van der Waals surface area contributed by atoms with Gasteiger partial charge in [-0.2, -0.15) is 0 Å². The molecule has 0 unspecified atom stereocenters. The molecule has 0 saturated carbocycles. The van der Waals surface area contributed by atoms with Crippen LogP contribution in [0.4, 0.5) is 10.5 Å². The summed E-state index contributed by atoms with van der Waals surface area (Å²) in [4.78, 5) is 53.0. The van der Waals surface area contributed by atoms with E-state index in [9.17, 15) is 19.2 Å². The molecule has 25 heavy (non-hydrogen) atoms. The van der Waals surface area contributed by atoms with E-state index in [4.69, 9.17) is 4.84 Å². The van der Waals surface area contributed by atoms with Crippen LogP contribution < -0.4 is 10.6 Å². The van der Waals surface area contributed by atoms with Gasteiger partial charge in [0.1, 0.15) is 0 Å². The zero-order valence-corrected chi connectivity index (χ0v) is 12.7. The zero-order valence-electron chi connectivity index (χ0n) is 12.7. The Bertz CT molecular complexity index is 918. The number of imide groups is 1. The van der Waals surface area contributed by atoms with Gasteiger partial charge in [-0.25, -0.2) is 9.59 Å². The lowest BCUT2D eigenvalue weighted by molar-refractivity contribution is -0.0584. The monoisotopic (exact) mass is 337 g/mol. The Labute approximate surface area is 141 Å². The van der Waals surface area contributed by atoms with Gasteiger partial charge in [0.25, 0.3) is 11.8 Å². The van der Waals surface area contributed by atoms with Crippen LogP contribution in [0.5, 0.6) is 0 Å². The van der Waals surface area contributed by atoms with Gasteiger partial charge >= 0.3 is 12.0 Å². The van der Waals surface area contributed by atoms with Gasteiger partial charge in [0, 0.05) is 12.2 Å². The first-order chi connectivity index (χ1) is 12.0. The first kappa shape index (κ1) is 14.9. The molecule has 4 rings (SSSR count). The summed E-state index contributed by atoms with van der Waals surface area (Å²) in [5.74, 6) is -2.20. The molecule has 8 nitrogen and oxygen atoms in total. The average molecular weight is 337 g/mol. The van der Waals surface area contributed by atoms with Crippen LogP contribution in [-0.2, 0) is 11.4 Å². The molecule has 0 fully saturated rings. The summed E-state index contributed by atoms with van der Waals surface area (Å²) >= 11 is 0. The number of fused-ring (bicyclic) bond motifs is 2. The maximum atomic E-state index is 12.3. The van der Waals surface area contributed by atoms with E-state index in [1.807, 2.05) is 0 Å². The van der Waals surface area contributed by atoms with E-state index in [1.165, 1.54) is 24.3 Å². The molecule has 0 spiro atoms. The van der Waals surface area contributed by atoms with E-state index < -0.39 is 17.8 Å². The molecule has 0 aliphatic carbocycles. The number of hydrogen-bond acceptors (Lipinski definition) is 5. The highest BCUT2D eigenvalue weighted by Crippen LogP contribution is 2.25. The second-order valence-electron chi connectivity index (χ2n) is 5.51. The number of nitrogens with zero attached hydrogens (tertiary/aromatic N) is 1. The van der Waals surface area contributed by atoms with Gasteiger partial charge in [-0.1, -0.05) is 17.2 Å². The quantitative estimate of drug-likeness (QED) is 0.812. The maximum Gasteiger partial charge on any atom is 0.363 e. The third-order valence-corrected chi connectivity index (χ3v) is 3.96. The molecule has 8 heteroatoms. The van der Waals surface area contributed by atoms with Crippen molar-refractivity contribution in [1.82, 2.24) is 10.4 Å². The van der Waals surface area contributed by atoms with Crippen LogP contribution >= 0.6 is 0 Å². The highest BCUT2D eigenvalue weighted by molar-refractivity contribution is 6.21. The van der Waals surface area contributed by atoms with Crippen LogP contribution in [0.2, 0.25) is 0 Å². The largest absolute Gasteiger partial charge is 0.363 e. The smallest absolute Gasteiger partial charge is 0.334 e. The molecule has 2 heterocycles. The first-order valence-corrected chi connectivity index (χ1v) is 7.42. The van der Waals surface area contributed by atoms with E-state index in [2.05, 4.69) is 10.6 Å². The van der Waals surface area contributed by atoms with Gasteiger partial charge in [0.05, 0.1) is 16.7 Å². The maximum absolute atomic E-state index is 12.3. The predicted molar refractivity (Wildman–Crippen MR) is 84.7 cm³/mol. The molecular formula is C17H11N3O5. The van der Waals surface area contributed by atoms with Gasteiger partial charge in [-0.3, -0.25) is 9.59 Å². The number of benzene rings is 2. The van der Waals surface area contributed by atoms with Crippen LogP contribution in [0.25, 0.3) is 0 Å². The molecule has 0 bridgehead atoms. The second kappa shape index (κ2) is 5.45. The molecular weight excluding hydrogens is 326 g/mol. The van der Waals surface area contributed by atoms with Crippen molar-refractivity contribution < 1.29 is 24.0 Å². The van der Waals surface area contributed by atoms with Crippen LogP contribution in [0.3, 0.4) is 0 Å². The molecule has 124 valence electrons. The first-order valence-electron chi connectivity index (χ1n) is 7.42. The van der Waals surface area contributed by atoms with Crippen molar-refractivity contribution in [3.63, 3.8) is 0 Å². The lowest BCUT2D eigenvalue weighted by Crippen LogP contribution is -2.34. The molecule has 2 aliphatic rings. The number of carbonyl (C=O) groups is 4. The average Bonchev–Trinajstić information content (AvgIpc) is 2.86. The Morgan fingerprint density at radius 2 is 1.68 bits per heavy atom. The van der Waals surface area contributed by atoms with Gasteiger partial charge in [0.15, 0.2) is 0 Å². The number of rotatable bonds is 2. The topological polar surface area (TPSA) is 105 Å². The second-order valence-corrected chi connectivity index (χ2v) is 5.51. The molecule has 2 aliphatic heterocycles. The SMILES string of the molecule is O=C1NCc2cc(C(=O)ON3C(=O)c4ccccc4C3=O)ccc2N1. The number of anilines is 1. The Balaban J connectivity index is 1.56. The number of nitrogens with one attached hydrogen (secondary N) is 2. The normalized spacial score (nSPS) is 15.2. The Morgan fingerprint density at radius 1 is 1.00 bits per heavy atom. The van der Waals surface area contributed by atoms with Crippen LogP contribution in [0.1, 0.15) is 36.6 Å². The number of carbonyl (C=O) groups excluding carboxylic acids is 4. The standard InChI is InChI=1S/C17H11N3O5/c21-14-11-3-1-2-4-12(11)15(22)20(14)25-16(23)9-5-6-13-10(7-9)8-18-17(24)19-13/h1-7H,8H2,(H2,18,19,24). The summed E-state index contributed by atoms with van der Waals surface area (Å²) in [6.07, 6.45) is 0. The fraction of sp³-hybridized carbons (Fsp3) is 0.0588. The molecule has 0 saturated heterocycles. The number of amides is 4. The third kappa shape index (κ3) is 2.40. The van der Waals surface area contributed by atoms with Crippen molar-refractivity contribution in [3.05, 3.63) is 64.7 Å². The summed E-state index contributed by atoms with van der Waals surface area (Å²) in [7, 11) is 0. The molecule has 2 N–H and O–H groups in total. The molecule has 0 radical (unpaired) electrons. The van der Waals surface area contributed by atoms with Crippen LogP contribution in [0.15, 0.2) is 42.5 Å². The third-order valence-electron chi connectivity index (χ3n) is 3.96. The molecule has 0 aromatic heterocycles. The highest BCUT2D eigenvalue weighted by atomic mass is 16.7. The minimum Gasteiger partial charge on any atom is -0.334 e. The van der Waals surface area contributed by atoms with Crippen molar-refractivity contribution in [2.24, 2.45) is 0 Å². The Kier molecular flexibility index (Phi) is 3.24. The fourth-order valence-corrected chi connectivity index (χ4v) is 2.72.